The Kier molecular flexibility index (Phi) is 6.71. The van der Waals surface area contributed by atoms with Gasteiger partial charge in [-0.3, -0.25) is 9.59 Å². The number of ether oxygens (including phenoxy) is 1. The second-order valence-corrected chi connectivity index (χ2v) is 9.08. The van der Waals surface area contributed by atoms with E-state index in [9.17, 15) is 9.59 Å². The van der Waals surface area contributed by atoms with E-state index < -0.39 is 11.6 Å². The highest BCUT2D eigenvalue weighted by Gasteiger charge is 2.35. The number of rotatable bonds is 8. The van der Waals surface area contributed by atoms with Gasteiger partial charge in [0.1, 0.15) is 11.4 Å². The van der Waals surface area contributed by atoms with Crippen LogP contribution >= 0.6 is 11.6 Å². The van der Waals surface area contributed by atoms with Crippen molar-refractivity contribution in [3.63, 3.8) is 0 Å². The average molecular weight is 430 g/mol. The highest BCUT2D eigenvalue weighted by Crippen LogP contribution is 2.38. The molecule has 0 bridgehead atoms. The summed E-state index contributed by atoms with van der Waals surface area (Å²) in [7, 11) is 0. The number of amides is 1. The third-order valence-electron chi connectivity index (χ3n) is 5.16. The number of benzene rings is 2. The fourth-order valence-corrected chi connectivity index (χ4v) is 4.17. The Balaban J connectivity index is 1.76. The molecule has 0 aliphatic carbocycles. The lowest BCUT2D eigenvalue weighted by Gasteiger charge is -2.24. The zero-order valence-corrected chi connectivity index (χ0v) is 18.4. The summed E-state index contributed by atoms with van der Waals surface area (Å²) < 4.78 is 6.23. The van der Waals surface area contributed by atoms with E-state index in [2.05, 4.69) is 6.92 Å². The SMILES string of the molecule is CC(C)CN(CCC(=O)O)C(=O)c1ccc2c(c1)CC(C)(Cc1cccc(Cl)c1)O2. The molecule has 5 nitrogen and oxygen atoms in total. The van der Waals surface area contributed by atoms with Gasteiger partial charge in [0.2, 0.25) is 0 Å². The first kappa shape index (κ1) is 22.2. The molecule has 0 fully saturated rings. The molecular formula is C24H28ClNO4. The molecule has 0 saturated carbocycles. The van der Waals surface area contributed by atoms with Crippen molar-refractivity contribution in [2.24, 2.45) is 5.92 Å². The number of hydrogen-bond donors (Lipinski definition) is 1. The van der Waals surface area contributed by atoms with Gasteiger partial charge < -0.3 is 14.7 Å². The van der Waals surface area contributed by atoms with Crippen LogP contribution in [0.5, 0.6) is 5.75 Å². The Bertz CT molecular complexity index is 943. The number of aliphatic carboxylic acids is 1. The molecule has 0 spiro atoms. The maximum Gasteiger partial charge on any atom is 0.305 e. The topological polar surface area (TPSA) is 66.8 Å². The lowest BCUT2D eigenvalue weighted by Crippen LogP contribution is -2.36. The predicted octanol–water partition coefficient (Wildman–Crippen LogP) is 4.85. The van der Waals surface area contributed by atoms with Crippen LogP contribution in [0.1, 0.15) is 48.7 Å². The molecule has 1 unspecified atom stereocenters. The summed E-state index contributed by atoms with van der Waals surface area (Å²) in [5, 5.41) is 9.71. The third kappa shape index (κ3) is 5.54. The quantitative estimate of drug-likeness (QED) is 0.651. The summed E-state index contributed by atoms with van der Waals surface area (Å²) >= 11 is 6.11. The van der Waals surface area contributed by atoms with Crippen LogP contribution in [0, 0.1) is 5.92 Å². The highest BCUT2D eigenvalue weighted by molar-refractivity contribution is 6.30. The first-order valence-corrected chi connectivity index (χ1v) is 10.6. The van der Waals surface area contributed by atoms with Crippen molar-refractivity contribution in [2.75, 3.05) is 13.1 Å². The summed E-state index contributed by atoms with van der Waals surface area (Å²) in [6.07, 6.45) is 1.34. The molecule has 30 heavy (non-hydrogen) atoms. The number of carbonyl (C=O) groups is 2. The van der Waals surface area contributed by atoms with Gasteiger partial charge in [0, 0.05) is 36.5 Å². The monoisotopic (exact) mass is 429 g/mol. The van der Waals surface area contributed by atoms with Crippen LogP contribution in [0.3, 0.4) is 0 Å². The molecule has 160 valence electrons. The van der Waals surface area contributed by atoms with Gasteiger partial charge in [0.05, 0.1) is 6.42 Å². The van der Waals surface area contributed by atoms with Crippen molar-refractivity contribution in [3.05, 3.63) is 64.2 Å². The third-order valence-corrected chi connectivity index (χ3v) is 5.40. The number of nitrogens with zero attached hydrogens (tertiary/aromatic N) is 1. The van der Waals surface area contributed by atoms with E-state index in [0.29, 0.717) is 30.0 Å². The van der Waals surface area contributed by atoms with E-state index in [1.165, 1.54) is 0 Å². The number of carboxylic acid groups (broad SMARTS) is 1. The van der Waals surface area contributed by atoms with Crippen molar-refractivity contribution < 1.29 is 19.4 Å². The van der Waals surface area contributed by atoms with Crippen LogP contribution < -0.4 is 4.74 Å². The highest BCUT2D eigenvalue weighted by atomic mass is 35.5. The van der Waals surface area contributed by atoms with Crippen LogP contribution in [-0.2, 0) is 17.6 Å². The number of carbonyl (C=O) groups excluding carboxylic acids is 1. The molecule has 1 N–H and O–H groups in total. The molecule has 0 radical (unpaired) electrons. The minimum absolute atomic E-state index is 0.0653. The van der Waals surface area contributed by atoms with Crippen molar-refractivity contribution >= 4 is 23.5 Å². The minimum Gasteiger partial charge on any atom is -0.487 e. The van der Waals surface area contributed by atoms with Crippen LogP contribution in [0.4, 0.5) is 0 Å². The summed E-state index contributed by atoms with van der Waals surface area (Å²) in [5.74, 6) is -0.00889. The van der Waals surface area contributed by atoms with E-state index in [1.807, 2.05) is 50.2 Å². The normalized spacial score (nSPS) is 17.5. The Morgan fingerprint density at radius 2 is 2.00 bits per heavy atom. The van der Waals surface area contributed by atoms with Crippen molar-refractivity contribution in [1.29, 1.82) is 0 Å². The van der Waals surface area contributed by atoms with E-state index >= 15 is 0 Å². The molecular weight excluding hydrogens is 402 g/mol. The van der Waals surface area contributed by atoms with Gasteiger partial charge in [-0.1, -0.05) is 37.6 Å². The van der Waals surface area contributed by atoms with Gasteiger partial charge in [-0.05, 0) is 54.3 Å². The number of carboxylic acids is 1. The fraction of sp³-hybridized carbons (Fsp3) is 0.417. The van der Waals surface area contributed by atoms with Gasteiger partial charge in [0.25, 0.3) is 5.91 Å². The molecule has 1 aliphatic heterocycles. The Morgan fingerprint density at radius 3 is 2.67 bits per heavy atom. The van der Waals surface area contributed by atoms with Crippen molar-refractivity contribution in [2.45, 2.75) is 45.6 Å². The zero-order valence-electron chi connectivity index (χ0n) is 17.7. The van der Waals surface area contributed by atoms with Crippen LogP contribution in [0.15, 0.2) is 42.5 Å². The van der Waals surface area contributed by atoms with E-state index in [4.69, 9.17) is 21.4 Å². The van der Waals surface area contributed by atoms with Gasteiger partial charge in [-0.15, -0.1) is 0 Å². The molecule has 1 heterocycles. The summed E-state index contributed by atoms with van der Waals surface area (Å²) in [5.41, 5.74) is 2.25. The summed E-state index contributed by atoms with van der Waals surface area (Å²) in [6.45, 7) is 6.81. The van der Waals surface area contributed by atoms with E-state index in [-0.39, 0.29) is 24.8 Å². The van der Waals surface area contributed by atoms with Crippen LogP contribution in [-0.4, -0.2) is 40.6 Å². The maximum atomic E-state index is 13.1. The van der Waals surface area contributed by atoms with Gasteiger partial charge in [-0.25, -0.2) is 0 Å². The lowest BCUT2D eigenvalue weighted by atomic mass is 9.91. The van der Waals surface area contributed by atoms with Gasteiger partial charge in [-0.2, -0.15) is 0 Å². The molecule has 2 aromatic carbocycles. The molecule has 1 atom stereocenters. The van der Waals surface area contributed by atoms with E-state index in [1.54, 1.807) is 11.0 Å². The standard InChI is InChI=1S/C24H28ClNO4/c1-16(2)15-26(10-9-22(27)28)23(29)18-7-8-21-19(12-18)14-24(3,30-21)13-17-5-4-6-20(25)11-17/h4-8,11-12,16H,9-10,13-15H2,1-3H3,(H,27,28). The number of fused-ring (bicyclic) bond motifs is 1. The number of hydrogen-bond acceptors (Lipinski definition) is 3. The smallest absolute Gasteiger partial charge is 0.305 e. The lowest BCUT2D eigenvalue weighted by molar-refractivity contribution is -0.137. The van der Waals surface area contributed by atoms with Crippen molar-refractivity contribution in [3.8, 4) is 5.75 Å². The fourth-order valence-electron chi connectivity index (χ4n) is 3.96. The molecule has 3 rings (SSSR count). The second-order valence-electron chi connectivity index (χ2n) is 8.65. The second kappa shape index (κ2) is 9.09. The van der Waals surface area contributed by atoms with Crippen LogP contribution in [0.2, 0.25) is 5.02 Å². The maximum absolute atomic E-state index is 13.1. The van der Waals surface area contributed by atoms with Crippen molar-refractivity contribution in [1.82, 2.24) is 4.90 Å². The molecule has 2 aromatic rings. The summed E-state index contributed by atoms with van der Waals surface area (Å²) in [6, 6.07) is 13.3. The van der Waals surface area contributed by atoms with Crippen LogP contribution in [0.25, 0.3) is 0 Å². The molecule has 0 saturated heterocycles. The van der Waals surface area contributed by atoms with Gasteiger partial charge in [0.15, 0.2) is 0 Å². The van der Waals surface area contributed by atoms with E-state index in [0.717, 1.165) is 16.9 Å². The van der Waals surface area contributed by atoms with Gasteiger partial charge >= 0.3 is 5.97 Å². The average Bonchev–Trinajstić information content (AvgIpc) is 2.98. The Morgan fingerprint density at radius 1 is 1.23 bits per heavy atom. The largest absolute Gasteiger partial charge is 0.487 e. The first-order valence-electron chi connectivity index (χ1n) is 10.2. The Hall–Kier alpha value is -2.53. The summed E-state index contributed by atoms with van der Waals surface area (Å²) in [4.78, 5) is 25.7. The molecule has 1 amide bonds. The first-order chi connectivity index (χ1) is 14.1. The molecule has 1 aliphatic rings. The number of halogens is 1. The molecule has 6 heteroatoms. The zero-order chi connectivity index (χ0) is 21.9. The predicted molar refractivity (Wildman–Crippen MR) is 117 cm³/mol. The minimum atomic E-state index is -0.907. The Labute approximate surface area is 182 Å². The molecule has 0 aromatic heterocycles.